The SMILES string of the molecule is COc1ccc(C#N)cc1CNCC1(N(C)C)CCC1. The molecule has 1 aromatic carbocycles. The smallest absolute Gasteiger partial charge is 0.123 e. The number of nitriles is 1. The Kier molecular flexibility index (Phi) is 4.64. The zero-order valence-corrected chi connectivity index (χ0v) is 12.6. The van der Waals surface area contributed by atoms with Gasteiger partial charge in [-0.1, -0.05) is 0 Å². The van der Waals surface area contributed by atoms with Crippen LogP contribution in [0, 0.1) is 11.3 Å². The molecular formula is C16H23N3O. The number of rotatable bonds is 6. The maximum absolute atomic E-state index is 8.98. The van der Waals surface area contributed by atoms with Gasteiger partial charge < -0.3 is 15.0 Å². The van der Waals surface area contributed by atoms with Crippen molar-refractivity contribution in [3.05, 3.63) is 29.3 Å². The molecule has 108 valence electrons. The van der Waals surface area contributed by atoms with E-state index in [1.807, 2.05) is 12.1 Å². The number of nitrogens with one attached hydrogen (secondary N) is 1. The fourth-order valence-electron chi connectivity index (χ4n) is 2.78. The molecule has 1 aliphatic carbocycles. The normalized spacial score (nSPS) is 16.6. The van der Waals surface area contributed by atoms with Crippen molar-refractivity contribution in [3.8, 4) is 11.8 Å². The molecule has 1 N–H and O–H groups in total. The average molecular weight is 273 g/mol. The van der Waals surface area contributed by atoms with E-state index in [9.17, 15) is 0 Å². The zero-order chi connectivity index (χ0) is 14.6. The highest BCUT2D eigenvalue weighted by atomic mass is 16.5. The van der Waals surface area contributed by atoms with Crippen LogP contribution in [0.3, 0.4) is 0 Å². The van der Waals surface area contributed by atoms with Crippen molar-refractivity contribution in [1.82, 2.24) is 10.2 Å². The number of methoxy groups -OCH3 is 1. The highest BCUT2D eigenvalue weighted by Gasteiger charge is 2.38. The number of benzene rings is 1. The average Bonchev–Trinajstić information content (AvgIpc) is 2.41. The van der Waals surface area contributed by atoms with Crippen LogP contribution in [-0.2, 0) is 6.54 Å². The molecule has 0 spiro atoms. The molecule has 0 amide bonds. The van der Waals surface area contributed by atoms with Crippen LogP contribution in [0.4, 0.5) is 0 Å². The van der Waals surface area contributed by atoms with E-state index in [-0.39, 0.29) is 0 Å². The van der Waals surface area contributed by atoms with Crippen LogP contribution in [0.15, 0.2) is 18.2 Å². The molecule has 0 radical (unpaired) electrons. The van der Waals surface area contributed by atoms with Crippen molar-refractivity contribution in [1.29, 1.82) is 5.26 Å². The van der Waals surface area contributed by atoms with Gasteiger partial charge in [-0.05, 0) is 51.6 Å². The van der Waals surface area contributed by atoms with Crippen molar-refractivity contribution in [2.24, 2.45) is 0 Å². The van der Waals surface area contributed by atoms with Gasteiger partial charge in [-0.25, -0.2) is 0 Å². The minimum atomic E-state index is 0.306. The first-order valence-corrected chi connectivity index (χ1v) is 7.06. The number of hydrogen-bond donors (Lipinski definition) is 1. The second-order valence-electron chi connectivity index (χ2n) is 5.71. The first kappa shape index (κ1) is 14.8. The van der Waals surface area contributed by atoms with Gasteiger partial charge in [0.15, 0.2) is 0 Å². The number of nitrogens with zero attached hydrogens (tertiary/aromatic N) is 2. The fraction of sp³-hybridized carbons (Fsp3) is 0.562. The molecule has 0 unspecified atom stereocenters. The molecule has 20 heavy (non-hydrogen) atoms. The van der Waals surface area contributed by atoms with E-state index in [4.69, 9.17) is 10.00 Å². The lowest BCUT2D eigenvalue weighted by Crippen LogP contribution is -2.56. The minimum absolute atomic E-state index is 0.306. The van der Waals surface area contributed by atoms with Gasteiger partial charge in [-0.2, -0.15) is 5.26 Å². The van der Waals surface area contributed by atoms with E-state index < -0.39 is 0 Å². The molecule has 1 aromatic rings. The van der Waals surface area contributed by atoms with Crippen molar-refractivity contribution in [3.63, 3.8) is 0 Å². The Morgan fingerprint density at radius 2 is 2.15 bits per heavy atom. The van der Waals surface area contributed by atoms with Crippen LogP contribution in [0.25, 0.3) is 0 Å². The Morgan fingerprint density at radius 1 is 1.40 bits per heavy atom. The van der Waals surface area contributed by atoms with Crippen LogP contribution in [-0.4, -0.2) is 38.2 Å². The molecule has 1 aliphatic rings. The van der Waals surface area contributed by atoms with E-state index in [1.54, 1.807) is 13.2 Å². The summed E-state index contributed by atoms with van der Waals surface area (Å²) in [5.41, 5.74) is 2.02. The van der Waals surface area contributed by atoms with E-state index >= 15 is 0 Å². The number of ether oxygens (including phenoxy) is 1. The van der Waals surface area contributed by atoms with E-state index in [2.05, 4.69) is 30.4 Å². The van der Waals surface area contributed by atoms with Crippen molar-refractivity contribution < 1.29 is 4.74 Å². The molecular weight excluding hydrogens is 250 g/mol. The summed E-state index contributed by atoms with van der Waals surface area (Å²) in [5.74, 6) is 0.837. The topological polar surface area (TPSA) is 48.3 Å². The van der Waals surface area contributed by atoms with Gasteiger partial charge in [-0.15, -0.1) is 0 Å². The van der Waals surface area contributed by atoms with Crippen LogP contribution in [0.5, 0.6) is 5.75 Å². The summed E-state index contributed by atoms with van der Waals surface area (Å²) in [6, 6.07) is 7.72. The fourth-order valence-corrected chi connectivity index (χ4v) is 2.78. The minimum Gasteiger partial charge on any atom is -0.496 e. The maximum Gasteiger partial charge on any atom is 0.123 e. The van der Waals surface area contributed by atoms with E-state index in [1.165, 1.54) is 19.3 Å². The Hall–Kier alpha value is -1.57. The molecule has 0 aromatic heterocycles. The lowest BCUT2D eigenvalue weighted by Gasteiger charge is -2.47. The quantitative estimate of drug-likeness (QED) is 0.862. The van der Waals surface area contributed by atoms with Crippen molar-refractivity contribution >= 4 is 0 Å². The molecule has 0 aliphatic heterocycles. The summed E-state index contributed by atoms with van der Waals surface area (Å²) in [7, 11) is 5.97. The largest absolute Gasteiger partial charge is 0.496 e. The van der Waals surface area contributed by atoms with Gasteiger partial charge in [0, 0.05) is 24.2 Å². The standard InChI is InChI=1S/C16H23N3O/c1-19(2)16(7-4-8-16)12-18-11-14-9-13(10-17)5-6-15(14)20-3/h5-6,9,18H,4,7-8,11-12H2,1-3H3. The summed E-state index contributed by atoms with van der Waals surface area (Å²) in [6.07, 6.45) is 3.82. The third-order valence-corrected chi connectivity index (χ3v) is 4.41. The number of hydrogen-bond acceptors (Lipinski definition) is 4. The molecule has 0 atom stereocenters. The molecule has 0 bridgehead atoms. The van der Waals surface area contributed by atoms with Gasteiger partial charge in [0.25, 0.3) is 0 Å². The van der Waals surface area contributed by atoms with Gasteiger partial charge in [-0.3, -0.25) is 0 Å². The van der Waals surface area contributed by atoms with Crippen molar-refractivity contribution in [2.75, 3.05) is 27.7 Å². The van der Waals surface area contributed by atoms with Crippen LogP contribution < -0.4 is 10.1 Å². The Morgan fingerprint density at radius 3 is 2.65 bits per heavy atom. The third-order valence-electron chi connectivity index (χ3n) is 4.41. The van der Waals surface area contributed by atoms with E-state index in [0.717, 1.165) is 24.4 Å². The molecule has 4 heteroatoms. The number of likely N-dealkylation sites (N-methyl/N-ethyl adjacent to an activating group) is 1. The Bertz CT molecular complexity index is 501. The lowest BCUT2D eigenvalue weighted by atomic mass is 9.75. The third kappa shape index (κ3) is 2.95. The highest BCUT2D eigenvalue weighted by Crippen LogP contribution is 2.35. The second-order valence-corrected chi connectivity index (χ2v) is 5.71. The second kappa shape index (κ2) is 6.25. The molecule has 4 nitrogen and oxygen atoms in total. The Labute approximate surface area is 121 Å². The summed E-state index contributed by atoms with van der Waals surface area (Å²) >= 11 is 0. The zero-order valence-electron chi connectivity index (χ0n) is 12.6. The van der Waals surface area contributed by atoms with Crippen LogP contribution in [0.1, 0.15) is 30.4 Å². The van der Waals surface area contributed by atoms with Crippen molar-refractivity contribution in [2.45, 2.75) is 31.3 Å². The molecule has 1 fully saturated rings. The summed E-state index contributed by atoms with van der Waals surface area (Å²) < 4.78 is 5.36. The molecule has 2 rings (SSSR count). The molecule has 0 saturated heterocycles. The maximum atomic E-state index is 8.98. The summed E-state index contributed by atoms with van der Waals surface area (Å²) in [6.45, 7) is 1.70. The predicted molar refractivity (Wildman–Crippen MR) is 79.7 cm³/mol. The highest BCUT2D eigenvalue weighted by molar-refractivity contribution is 5.42. The Balaban J connectivity index is 1.98. The van der Waals surface area contributed by atoms with Crippen LogP contribution in [0.2, 0.25) is 0 Å². The first-order valence-electron chi connectivity index (χ1n) is 7.06. The van der Waals surface area contributed by atoms with Crippen LogP contribution >= 0.6 is 0 Å². The monoisotopic (exact) mass is 273 g/mol. The predicted octanol–water partition coefficient (Wildman–Crippen LogP) is 2.14. The molecule has 1 saturated carbocycles. The van der Waals surface area contributed by atoms with Gasteiger partial charge in [0.05, 0.1) is 18.7 Å². The van der Waals surface area contributed by atoms with Gasteiger partial charge >= 0.3 is 0 Å². The lowest BCUT2D eigenvalue weighted by molar-refractivity contribution is 0.0598. The summed E-state index contributed by atoms with van der Waals surface area (Å²) in [5, 5.41) is 12.5. The first-order chi connectivity index (χ1) is 9.61. The van der Waals surface area contributed by atoms with Gasteiger partial charge in [0.1, 0.15) is 5.75 Å². The molecule has 0 heterocycles. The van der Waals surface area contributed by atoms with E-state index in [0.29, 0.717) is 11.1 Å². The summed E-state index contributed by atoms with van der Waals surface area (Å²) in [4.78, 5) is 2.33. The van der Waals surface area contributed by atoms with Gasteiger partial charge in [0.2, 0.25) is 0 Å².